The first kappa shape index (κ1) is 25.5. The number of benzene rings is 2. The van der Waals surface area contributed by atoms with Crippen molar-refractivity contribution in [2.45, 2.75) is 17.9 Å². The number of nitrogens with one attached hydrogen (secondary N) is 1. The topological polar surface area (TPSA) is 55.3 Å². The molecule has 1 aliphatic rings. The van der Waals surface area contributed by atoms with Gasteiger partial charge in [-0.2, -0.15) is 0 Å². The molecule has 1 atom stereocenters. The Morgan fingerprint density at radius 1 is 1.06 bits per heavy atom. The molecular weight excluding hydrogens is 525 g/mol. The van der Waals surface area contributed by atoms with Crippen molar-refractivity contribution in [2.24, 2.45) is 10.9 Å². The maximum absolute atomic E-state index is 5.59. The Labute approximate surface area is 206 Å². The molecule has 1 heterocycles. The molecule has 1 saturated heterocycles. The first-order valence-electron chi connectivity index (χ1n) is 10.1. The van der Waals surface area contributed by atoms with E-state index in [1.165, 1.54) is 11.3 Å². The zero-order valence-electron chi connectivity index (χ0n) is 18.6. The molecule has 3 rings (SSSR count). The quantitative estimate of drug-likeness (QED) is 0.223. The molecule has 170 valence electrons. The first-order chi connectivity index (χ1) is 14.7. The van der Waals surface area contributed by atoms with Crippen LogP contribution in [-0.2, 0) is 6.54 Å². The average Bonchev–Trinajstić information content (AvgIpc) is 3.27. The van der Waals surface area contributed by atoms with Gasteiger partial charge in [-0.25, -0.2) is 0 Å². The fourth-order valence-electron chi connectivity index (χ4n) is 3.70. The number of nitrogens with zero attached hydrogens (tertiary/aromatic N) is 2. The van der Waals surface area contributed by atoms with Crippen LogP contribution < -0.4 is 19.5 Å². The fourth-order valence-corrected chi connectivity index (χ4v) is 4.75. The Hall–Kier alpha value is -1.81. The van der Waals surface area contributed by atoms with E-state index in [0.717, 1.165) is 30.4 Å². The molecular formula is C23H32IN3O3S. The SMILES string of the molecule is CN=C(NCc1ccc(OC)c(OC)c1OC)N1CCC(CSc2ccccc2)C1.I. The van der Waals surface area contributed by atoms with Crippen molar-refractivity contribution >= 4 is 41.7 Å². The van der Waals surface area contributed by atoms with Crippen LogP contribution in [0.1, 0.15) is 12.0 Å². The summed E-state index contributed by atoms with van der Waals surface area (Å²) in [5.74, 6) is 4.64. The summed E-state index contributed by atoms with van der Waals surface area (Å²) in [6, 6.07) is 14.5. The van der Waals surface area contributed by atoms with Crippen molar-refractivity contribution in [1.29, 1.82) is 0 Å². The van der Waals surface area contributed by atoms with E-state index in [1.807, 2.05) is 30.9 Å². The molecule has 8 heteroatoms. The van der Waals surface area contributed by atoms with Crippen LogP contribution in [0, 0.1) is 5.92 Å². The van der Waals surface area contributed by atoms with Crippen molar-refractivity contribution in [3.8, 4) is 17.2 Å². The lowest BCUT2D eigenvalue weighted by atomic mass is 10.1. The van der Waals surface area contributed by atoms with Crippen LogP contribution in [0.25, 0.3) is 0 Å². The summed E-state index contributed by atoms with van der Waals surface area (Å²) in [5.41, 5.74) is 0.992. The van der Waals surface area contributed by atoms with Gasteiger partial charge in [-0.3, -0.25) is 4.99 Å². The van der Waals surface area contributed by atoms with E-state index in [1.54, 1.807) is 21.3 Å². The van der Waals surface area contributed by atoms with Gasteiger partial charge in [0.2, 0.25) is 5.75 Å². The van der Waals surface area contributed by atoms with E-state index in [0.29, 0.717) is 29.7 Å². The van der Waals surface area contributed by atoms with Gasteiger partial charge >= 0.3 is 0 Å². The molecule has 6 nitrogen and oxygen atoms in total. The number of thioether (sulfide) groups is 1. The van der Waals surface area contributed by atoms with E-state index in [-0.39, 0.29) is 24.0 Å². The summed E-state index contributed by atoms with van der Waals surface area (Å²) in [4.78, 5) is 8.17. The molecule has 2 aromatic carbocycles. The molecule has 1 fully saturated rings. The molecule has 1 N–H and O–H groups in total. The van der Waals surface area contributed by atoms with E-state index in [2.05, 4.69) is 45.5 Å². The third kappa shape index (κ3) is 6.58. The van der Waals surface area contributed by atoms with E-state index in [9.17, 15) is 0 Å². The number of ether oxygens (including phenoxy) is 3. The van der Waals surface area contributed by atoms with E-state index in [4.69, 9.17) is 14.2 Å². The lowest BCUT2D eigenvalue weighted by Gasteiger charge is -2.23. The van der Waals surface area contributed by atoms with Gasteiger partial charge in [-0.05, 0) is 36.6 Å². The number of likely N-dealkylation sites (tertiary alicyclic amines) is 1. The second-order valence-corrected chi connectivity index (χ2v) is 8.21. The van der Waals surface area contributed by atoms with E-state index < -0.39 is 0 Å². The minimum atomic E-state index is 0. The van der Waals surface area contributed by atoms with Crippen LogP contribution in [0.5, 0.6) is 17.2 Å². The van der Waals surface area contributed by atoms with Crippen LogP contribution in [0.2, 0.25) is 0 Å². The zero-order valence-corrected chi connectivity index (χ0v) is 21.7. The van der Waals surface area contributed by atoms with Crippen LogP contribution in [0.4, 0.5) is 0 Å². The van der Waals surface area contributed by atoms with Gasteiger partial charge in [0.1, 0.15) is 0 Å². The Kier molecular flexibility index (Phi) is 10.6. The highest BCUT2D eigenvalue weighted by Gasteiger charge is 2.25. The summed E-state index contributed by atoms with van der Waals surface area (Å²) < 4.78 is 16.4. The monoisotopic (exact) mass is 557 g/mol. The zero-order chi connectivity index (χ0) is 21.3. The molecule has 31 heavy (non-hydrogen) atoms. The summed E-state index contributed by atoms with van der Waals surface area (Å²) in [5, 5.41) is 3.48. The lowest BCUT2D eigenvalue weighted by Crippen LogP contribution is -2.39. The number of methoxy groups -OCH3 is 3. The smallest absolute Gasteiger partial charge is 0.203 e. The maximum Gasteiger partial charge on any atom is 0.203 e. The minimum Gasteiger partial charge on any atom is -0.493 e. The van der Waals surface area contributed by atoms with Gasteiger partial charge in [0.05, 0.1) is 21.3 Å². The van der Waals surface area contributed by atoms with Crippen LogP contribution in [-0.4, -0.2) is 58.1 Å². The summed E-state index contributed by atoms with van der Waals surface area (Å²) in [6.45, 7) is 2.63. The third-order valence-corrected chi connectivity index (χ3v) is 6.49. The standard InChI is InChI=1S/C23H31N3O3S.HI/c1-24-23(25-14-18-10-11-20(27-2)22(29-4)21(18)28-3)26-13-12-17(15-26)16-30-19-8-6-5-7-9-19;/h5-11,17H,12-16H2,1-4H3,(H,24,25);1H. The van der Waals surface area contributed by atoms with Gasteiger partial charge < -0.3 is 24.4 Å². The largest absolute Gasteiger partial charge is 0.493 e. The predicted molar refractivity (Wildman–Crippen MR) is 139 cm³/mol. The molecule has 0 aliphatic carbocycles. The maximum atomic E-state index is 5.59. The van der Waals surface area contributed by atoms with Crippen molar-refractivity contribution in [3.05, 3.63) is 48.0 Å². The van der Waals surface area contributed by atoms with Crippen molar-refractivity contribution in [3.63, 3.8) is 0 Å². The van der Waals surface area contributed by atoms with Gasteiger partial charge in [-0.15, -0.1) is 35.7 Å². The minimum absolute atomic E-state index is 0. The number of halogens is 1. The molecule has 0 amide bonds. The molecule has 0 aromatic heterocycles. The first-order valence-corrected chi connectivity index (χ1v) is 11.1. The Morgan fingerprint density at radius 3 is 2.45 bits per heavy atom. The second kappa shape index (κ2) is 12.9. The van der Waals surface area contributed by atoms with E-state index >= 15 is 0 Å². The van der Waals surface area contributed by atoms with Crippen LogP contribution in [0.15, 0.2) is 52.4 Å². The summed E-state index contributed by atoms with van der Waals surface area (Å²) in [6.07, 6.45) is 1.18. The third-order valence-electron chi connectivity index (χ3n) is 5.25. The van der Waals surface area contributed by atoms with Gasteiger partial charge in [-0.1, -0.05) is 18.2 Å². The highest BCUT2D eigenvalue weighted by Crippen LogP contribution is 2.39. The number of aliphatic imine (C=N–C) groups is 1. The second-order valence-electron chi connectivity index (χ2n) is 7.12. The Bertz CT molecular complexity index is 851. The van der Waals surface area contributed by atoms with Crippen LogP contribution >= 0.6 is 35.7 Å². The molecule has 1 unspecified atom stereocenters. The molecule has 0 radical (unpaired) electrons. The van der Waals surface area contributed by atoms with Crippen LogP contribution in [0.3, 0.4) is 0 Å². The van der Waals surface area contributed by atoms with Crippen molar-refractivity contribution in [2.75, 3.05) is 47.2 Å². The number of rotatable bonds is 8. The van der Waals surface area contributed by atoms with Crippen molar-refractivity contribution < 1.29 is 14.2 Å². The number of guanidine groups is 1. The Morgan fingerprint density at radius 2 is 1.81 bits per heavy atom. The Balaban J connectivity index is 0.00000341. The summed E-state index contributed by atoms with van der Waals surface area (Å²) >= 11 is 1.93. The van der Waals surface area contributed by atoms with Gasteiger partial charge in [0.25, 0.3) is 0 Å². The highest BCUT2D eigenvalue weighted by molar-refractivity contribution is 14.0. The number of hydrogen-bond acceptors (Lipinski definition) is 5. The molecule has 1 aliphatic heterocycles. The lowest BCUT2D eigenvalue weighted by molar-refractivity contribution is 0.322. The highest BCUT2D eigenvalue weighted by atomic mass is 127. The van der Waals surface area contributed by atoms with Gasteiger partial charge in [0, 0.05) is 42.9 Å². The molecule has 2 aromatic rings. The average molecular weight is 557 g/mol. The molecule has 0 saturated carbocycles. The predicted octanol–water partition coefficient (Wildman–Crippen LogP) is 4.52. The molecule has 0 spiro atoms. The summed E-state index contributed by atoms with van der Waals surface area (Å²) in [7, 11) is 6.72. The van der Waals surface area contributed by atoms with Gasteiger partial charge in [0.15, 0.2) is 17.5 Å². The fraction of sp³-hybridized carbons (Fsp3) is 0.435. The molecule has 0 bridgehead atoms. The van der Waals surface area contributed by atoms with Crippen molar-refractivity contribution in [1.82, 2.24) is 10.2 Å². The normalized spacial score (nSPS) is 15.9. The number of hydrogen-bond donors (Lipinski definition) is 1.